The first-order valence-electron chi connectivity index (χ1n) is 9.60. The van der Waals surface area contributed by atoms with Crippen LogP contribution in [0.25, 0.3) is 0 Å². The number of halogens is 2. The van der Waals surface area contributed by atoms with E-state index in [-0.39, 0.29) is 41.9 Å². The van der Waals surface area contributed by atoms with Crippen LogP contribution in [0.2, 0.25) is 0 Å². The Bertz CT molecular complexity index is 787. The Balaban J connectivity index is 0.00000450. The minimum absolute atomic E-state index is 0. The topological polar surface area (TPSA) is 58.1 Å². The van der Waals surface area contributed by atoms with Gasteiger partial charge in [0.1, 0.15) is 11.9 Å². The average molecular weight is 530 g/mol. The Hall–Kier alpha value is -2.07. The maximum atomic E-state index is 13.2. The Morgan fingerprint density at radius 3 is 2.20 bits per heavy atom. The molecule has 6 nitrogen and oxygen atoms in total. The van der Waals surface area contributed by atoms with Gasteiger partial charge in [-0.3, -0.25) is 4.99 Å². The number of benzene rings is 2. The molecule has 2 rings (SSSR count). The second-order valence-electron chi connectivity index (χ2n) is 6.94. The SMILES string of the molecule is CN=C(NCC(C)Oc1ccccc1OC)NCC(c1ccc(F)cc1)N(C)C.I. The molecule has 0 saturated heterocycles. The summed E-state index contributed by atoms with van der Waals surface area (Å²) < 4.78 is 24.5. The minimum Gasteiger partial charge on any atom is -0.493 e. The van der Waals surface area contributed by atoms with Crippen LogP contribution in [-0.2, 0) is 0 Å². The number of nitrogens with one attached hydrogen (secondary N) is 2. The zero-order valence-electron chi connectivity index (χ0n) is 18.2. The van der Waals surface area contributed by atoms with Gasteiger partial charge in [-0.1, -0.05) is 24.3 Å². The minimum atomic E-state index is -0.235. The van der Waals surface area contributed by atoms with Crippen LogP contribution in [0.15, 0.2) is 53.5 Å². The molecule has 2 atom stereocenters. The molecule has 0 heterocycles. The molecule has 0 fully saturated rings. The number of para-hydroxylation sites is 2. The standard InChI is InChI=1S/C22H31FN4O2.HI/c1-16(29-21-9-7-6-8-20(21)28-5)14-25-22(24-2)26-15-19(27(3)4)17-10-12-18(23)13-11-17;/h6-13,16,19H,14-15H2,1-5H3,(H2,24,25,26);1H. The average Bonchev–Trinajstić information content (AvgIpc) is 2.71. The first kappa shape index (κ1) is 26.0. The van der Waals surface area contributed by atoms with E-state index in [1.54, 1.807) is 26.3 Å². The Labute approximate surface area is 195 Å². The van der Waals surface area contributed by atoms with Gasteiger partial charge in [0.2, 0.25) is 0 Å². The van der Waals surface area contributed by atoms with Crippen LogP contribution < -0.4 is 20.1 Å². The van der Waals surface area contributed by atoms with Gasteiger partial charge in [0.05, 0.1) is 19.7 Å². The van der Waals surface area contributed by atoms with Gasteiger partial charge >= 0.3 is 0 Å². The summed E-state index contributed by atoms with van der Waals surface area (Å²) in [5.74, 6) is 1.85. The number of aliphatic imine (C=N–C) groups is 1. The number of hydrogen-bond donors (Lipinski definition) is 2. The smallest absolute Gasteiger partial charge is 0.191 e. The lowest BCUT2D eigenvalue weighted by Crippen LogP contribution is -2.44. The van der Waals surface area contributed by atoms with Crippen LogP contribution in [0, 0.1) is 5.82 Å². The van der Waals surface area contributed by atoms with Crippen LogP contribution in [-0.4, -0.2) is 58.3 Å². The van der Waals surface area contributed by atoms with Crippen LogP contribution in [0.5, 0.6) is 11.5 Å². The zero-order chi connectivity index (χ0) is 21.2. The van der Waals surface area contributed by atoms with E-state index in [2.05, 4.69) is 20.5 Å². The summed E-state index contributed by atoms with van der Waals surface area (Å²) in [6, 6.07) is 14.2. The van der Waals surface area contributed by atoms with Crippen molar-refractivity contribution in [2.75, 3.05) is 41.3 Å². The molecule has 0 spiro atoms. The molecule has 0 aromatic heterocycles. The maximum absolute atomic E-state index is 13.2. The summed E-state index contributed by atoms with van der Waals surface area (Å²) in [5.41, 5.74) is 1.03. The fourth-order valence-electron chi connectivity index (χ4n) is 2.91. The second kappa shape index (κ2) is 13.3. The summed E-state index contributed by atoms with van der Waals surface area (Å²) in [7, 11) is 7.34. The van der Waals surface area contributed by atoms with E-state index in [4.69, 9.17) is 9.47 Å². The van der Waals surface area contributed by atoms with Gasteiger partial charge < -0.3 is 25.0 Å². The van der Waals surface area contributed by atoms with Crippen molar-refractivity contribution in [2.24, 2.45) is 4.99 Å². The Morgan fingerprint density at radius 1 is 1.03 bits per heavy atom. The largest absolute Gasteiger partial charge is 0.493 e. The van der Waals surface area contributed by atoms with Crippen molar-refractivity contribution in [3.63, 3.8) is 0 Å². The van der Waals surface area contributed by atoms with E-state index in [1.165, 1.54) is 12.1 Å². The highest BCUT2D eigenvalue weighted by Crippen LogP contribution is 2.26. The summed E-state index contributed by atoms with van der Waals surface area (Å²) in [4.78, 5) is 6.36. The van der Waals surface area contributed by atoms with Crippen LogP contribution >= 0.6 is 24.0 Å². The molecule has 0 amide bonds. The van der Waals surface area contributed by atoms with Gasteiger partial charge in [0.25, 0.3) is 0 Å². The molecule has 2 N–H and O–H groups in total. The first-order valence-corrected chi connectivity index (χ1v) is 9.60. The molecule has 0 radical (unpaired) electrons. The molecular formula is C22H32FIN4O2. The molecule has 2 aromatic carbocycles. The molecule has 0 aliphatic rings. The van der Waals surface area contributed by atoms with Gasteiger partial charge in [-0.25, -0.2) is 4.39 Å². The molecule has 2 aromatic rings. The van der Waals surface area contributed by atoms with Crippen LogP contribution in [0.1, 0.15) is 18.5 Å². The van der Waals surface area contributed by atoms with E-state index in [0.717, 1.165) is 5.56 Å². The lowest BCUT2D eigenvalue weighted by molar-refractivity contribution is 0.213. The number of rotatable bonds is 9. The third-order valence-corrected chi connectivity index (χ3v) is 4.52. The number of hydrogen-bond acceptors (Lipinski definition) is 4. The van der Waals surface area contributed by atoms with E-state index in [0.29, 0.717) is 30.5 Å². The van der Waals surface area contributed by atoms with Gasteiger partial charge in [-0.2, -0.15) is 0 Å². The van der Waals surface area contributed by atoms with E-state index >= 15 is 0 Å². The van der Waals surface area contributed by atoms with Crippen molar-refractivity contribution in [3.05, 3.63) is 59.9 Å². The molecule has 0 bridgehead atoms. The van der Waals surface area contributed by atoms with Crippen molar-refractivity contribution in [2.45, 2.75) is 19.1 Å². The summed E-state index contributed by atoms with van der Waals surface area (Å²) >= 11 is 0. The third-order valence-electron chi connectivity index (χ3n) is 4.52. The number of methoxy groups -OCH3 is 1. The van der Waals surface area contributed by atoms with E-state index in [9.17, 15) is 4.39 Å². The fraction of sp³-hybridized carbons (Fsp3) is 0.409. The second-order valence-corrected chi connectivity index (χ2v) is 6.94. The lowest BCUT2D eigenvalue weighted by atomic mass is 10.1. The monoisotopic (exact) mass is 530 g/mol. The molecule has 0 aliphatic heterocycles. The van der Waals surface area contributed by atoms with Crippen molar-refractivity contribution < 1.29 is 13.9 Å². The molecule has 0 saturated carbocycles. The Morgan fingerprint density at radius 2 is 1.63 bits per heavy atom. The van der Waals surface area contributed by atoms with Crippen molar-refractivity contribution >= 4 is 29.9 Å². The highest BCUT2D eigenvalue weighted by Gasteiger charge is 2.15. The van der Waals surface area contributed by atoms with Crippen LogP contribution in [0.3, 0.4) is 0 Å². The van der Waals surface area contributed by atoms with Gasteiger partial charge in [-0.15, -0.1) is 24.0 Å². The molecule has 0 aliphatic carbocycles. The quantitative estimate of drug-likeness (QED) is 0.295. The van der Waals surface area contributed by atoms with Crippen molar-refractivity contribution in [1.82, 2.24) is 15.5 Å². The highest BCUT2D eigenvalue weighted by atomic mass is 127. The van der Waals surface area contributed by atoms with Crippen molar-refractivity contribution in [1.29, 1.82) is 0 Å². The number of guanidine groups is 1. The number of nitrogens with zero attached hydrogens (tertiary/aromatic N) is 2. The molecule has 166 valence electrons. The zero-order valence-corrected chi connectivity index (χ0v) is 20.5. The molecular weight excluding hydrogens is 498 g/mol. The maximum Gasteiger partial charge on any atom is 0.191 e. The molecule has 30 heavy (non-hydrogen) atoms. The highest BCUT2D eigenvalue weighted by molar-refractivity contribution is 14.0. The molecule has 8 heteroatoms. The predicted molar refractivity (Wildman–Crippen MR) is 131 cm³/mol. The van der Waals surface area contributed by atoms with E-state index < -0.39 is 0 Å². The van der Waals surface area contributed by atoms with Gasteiger partial charge in [0, 0.05) is 13.6 Å². The number of likely N-dealkylation sites (N-methyl/N-ethyl adjacent to an activating group) is 1. The van der Waals surface area contributed by atoms with Crippen LogP contribution in [0.4, 0.5) is 4.39 Å². The van der Waals surface area contributed by atoms with Gasteiger partial charge in [-0.05, 0) is 50.8 Å². The summed E-state index contributed by atoms with van der Waals surface area (Å²) in [6.45, 7) is 3.18. The Kier molecular flexibility index (Phi) is 11.5. The van der Waals surface area contributed by atoms with Crippen molar-refractivity contribution in [3.8, 4) is 11.5 Å². The first-order chi connectivity index (χ1) is 13.9. The van der Waals surface area contributed by atoms with E-state index in [1.807, 2.05) is 45.3 Å². The summed E-state index contributed by atoms with van der Waals surface area (Å²) in [5, 5.41) is 6.61. The molecule has 2 unspecified atom stereocenters. The number of ether oxygens (including phenoxy) is 2. The van der Waals surface area contributed by atoms with Gasteiger partial charge in [0.15, 0.2) is 17.5 Å². The third kappa shape index (κ3) is 7.98. The fourth-order valence-corrected chi connectivity index (χ4v) is 2.91. The lowest BCUT2D eigenvalue weighted by Gasteiger charge is -2.26. The summed E-state index contributed by atoms with van der Waals surface area (Å²) in [6.07, 6.45) is -0.0911. The predicted octanol–water partition coefficient (Wildman–Crippen LogP) is 3.69. The normalized spacial score (nSPS) is 13.2.